The molecule has 2 aromatic heterocycles. The number of carbonyl (C=O) groups excluding carboxylic acids is 2. The van der Waals surface area contributed by atoms with Crippen molar-refractivity contribution in [2.45, 2.75) is 12.5 Å². The Labute approximate surface area is 262 Å². The van der Waals surface area contributed by atoms with Crippen LogP contribution in [0.25, 0.3) is 22.3 Å². The van der Waals surface area contributed by atoms with E-state index in [2.05, 4.69) is 15.4 Å². The molecule has 10 heteroatoms. The monoisotopic (exact) mass is 601 g/mol. The van der Waals surface area contributed by atoms with Crippen LogP contribution in [0.3, 0.4) is 0 Å². The lowest BCUT2D eigenvalue weighted by molar-refractivity contribution is 0.0783. The zero-order valence-electron chi connectivity index (χ0n) is 25.5. The second-order valence-electron chi connectivity index (χ2n) is 11.4. The molecule has 3 N–H and O–H groups in total. The third-order valence-electron chi connectivity index (χ3n) is 7.92. The number of likely N-dealkylation sites (tertiary alicyclic amines) is 1. The number of carbonyl (C=O) groups is 2. The van der Waals surface area contributed by atoms with Gasteiger partial charge in [0.1, 0.15) is 17.3 Å². The molecule has 10 nitrogen and oxygen atoms in total. The fourth-order valence-corrected chi connectivity index (χ4v) is 5.36. The molecule has 5 aromatic rings. The highest BCUT2D eigenvalue weighted by Gasteiger charge is 2.29. The van der Waals surface area contributed by atoms with Crippen LogP contribution in [0.4, 0.5) is 11.5 Å². The van der Waals surface area contributed by atoms with Crippen LogP contribution in [0.5, 0.6) is 11.5 Å². The number of nitrogen functional groups attached to an aromatic ring is 1. The molecule has 228 valence electrons. The van der Waals surface area contributed by atoms with Crippen molar-refractivity contribution in [3.8, 4) is 33.8 Å². The first-order chi connectivity index (χ1) is 21.7. The summed E-state index contributed by atoms with van der Waals surface area (Å²) in [6.45, 7) is 0.968. The minimum Gasteiger partial charge on any atom is -0.457 e. The quantitative estimate of drug-likeness (QED) is 0.250. The Morgan fingerprint density at radius 1 is 0.889 bits per heavy atom. The van der Waals surface area contributed by atoms with Crippen LogP contribution in [0.2, 0.25) is 0 Å². The summed E-state index contributed by atoms with van der Waals surface area (Å²) in [5, 5.41) is 7.21. The van der Waals surface area contributed by atoms with Crippen molar-refractivity contribution in [3.05, 3.63) is 109 Å². The highest BCUT2D eigenvalue weighted by molar-refractivity contribution is 6.00. The lowest BCUT2D eigenvalue weighted by Gasteiger charge is -2.18. The molecule has 1 saturated heterocycles. The van der Waals surface area contributed by atoms with E-state index in [0.29, 0.717) is 30.6 Å². The van der Waals surface area contributed by atoms with Crippen LogP contribution in [-0.2, 0) is 7.05 Å². The van der Waals surface area contributed by atoms with Gasteiger partial charge in [0.25, 0.3) is 11.8 Å². The third kappa shape index (κ3) is 6.65. The number of nitrogens with zero attached hydrogens (tertiary/aromatic N) is 5. The van der Waals surface area contributed by atoms with Gasteiger partial charge in [0, 0.05) is 75.0 Å². The first-order valence-electron chi connectivity index (χ1n) is 14.7. The van der Waals surface area contributed by atoms with E-state index in [1.165, 1.54) is 0 Å². The number of pyridine rings is 1. The number of amides is 2. The van der Waals surface area contributed by atoms with Crippen molar-refractivity contribution >= 4 is 23.3 Å². The number of rotatable bonds is 8. The number of nitrogens with one attached hydrogen (secondary N) is 1. The standard InChI is InChI=1S/C35H35N7O3/c1-40(2)29-10-14-31(15-11-29)45-30-12-8-24(9-13-30)23-4-6-25(7-5-23)35(44)42-17-16-28(22-42)39-34(43)32-18-26(19-37-33(32)36)27-20-38-41(3)21-27/h4-15,18-21,28H,16-17,22H2,1-3H3,(H2,36,37)(H,39,43)/t28-/m1/s1. The molecule has 1 aliphatic heterocycles. The van der Waals surface area contributed by atoms with E-state index in [1.54, 1.807) is 28.0 Å². The molecular weight excluding hydrogens is 566 g/mol. The fourth-order valence-electron chi connectivity index (χ4n) is 5.36. The number of hydrogen-bond acceptors (Lipinski definition) is 7. The van der Waals surface area contributed by atoms with E-state index in [0.717, 1.165) is 39.4 Å². The Bertz CT molecular complexity index is 1810. The zero-order valence-corrected chi connectivity index (χ0v) is 25.5. The summed E-state index contributed by atoms with van der Waals surface area (Å²) in [5.41, 5.74) is 11.7. The molecule has 2 amide bonds. The van der Waals surface area contributed by atoms with Gasteiger partial charge in [-0.25, -0.2) is 4.98 Å². The van der Waals surface area contributed by atoms with Gasteiger partial charge in [0.2, 0.25) is 0 Å². The van der Waals surface area contributed by atoms with E-state index < -0.39 is 0 Å². The van der Waals surface area contributed by atoms with Crippen molar-refractivity contribution in [3.63, 3.8) is 0 Å². The van der Waals surface area contributed by atoms with Crippen LogP contribution in [0.1, 0.15) is 27.1 Å². The zero-order chi connectivity index (χ0) is 31.5. The molecule has 45 heavy (non-hydrogen) atoms. The number of benzene rings is 3. The maximum absolute atomic E-state index is 13.3. The molecule has 0 bridgehead atoms. The highest BCUT2D eigenvalue weighted by atomic mass is 16.5. The van der Waals surface area contributed by atoms with Gasteiger partial charge in [-0.05, 0) is 72.1 Å². The predicted octanol–water partition coefficient (Wildman–Crippen LogP) is 5.23. The van der Waals surface area contributed by atoms with Crippen LogP contribution < -0.4 is 20.7 Å². The van der Waals surface area contributed by atoms with Gasteiger partial charge in [-0.1, -0.05) is 24.3 Å². The summed E-state index contributed by atoms with van der Waals surface area (Å²) >= 11 is 0. The second-order valence-corrected chi connectivity index (χ2v) is 11.4. The summed E-state index contributed by atoms with van der Waals surface area (Å²) in [6, 6.07) is 24.9. The third-order valence-corrected chi connectivity index (χ3v) is 7.92. The van der Waals surface area contributed by atoms with Crippen molar-refractivity contribution < 1.29 is 14.3 Å². The maximum Gasteiger partial charge on any atom is 0.255 e. The Balaban J connectivity index is 1.04. The minimum atomic E-state index is -0.312. The van der Waals surface area contributed by atoms with Gasteiger partial charge < -0.3 is 25.6 Å². The Hall–Kier alpha value is -5.64. The van der Waals surface area contributed by atoms with Gasteiger partial charge in [0.15, 0.2) is 0 Å². The molecule has 1 aliphatic rings. The topological polar surface area (TPSA) is 119 Å². The number of hydrogen-bond donors (Lipinski definition) is 2. The van der Waals surface area contributed by atoms with E-state index in [4.69, 9.17) is 10.5 Å². The molecule has 3 heterocycles. The summed E-state index contributed by atoms with van der Waals surface area (Å²) < 4.78 is 7.68. The fraction of sp³-hybridized carbons (Fsp3) is 0.200. The first kappa shape index (κ1) is 29.4. The molecule has 0 spiro atoms. The smallest absolute Gasteiger partial charge is 0.255 e. The summed E-state index contributed by atoms with van der Waals surface area (Å²) in [5.74, 6) is 1.30. The number of aromatic nitrogens is 3. The average Bonchev–Trinajstić information content (AvgIpc) is 3.71. The highest BCUT2D eigenvalue weighted by Crippen LogP contribution is 2.28. The number of ether oxygens (including phenoxy) is 1. The lowest BCUT2D eigenvalue weighted by Crippen LogP contribution is -2.38. The van der Waals surface area contributed by atoms with Gasteiger partial charge in [0.05, 0.1) is 11.8 Å². The van der Waals surface area contributed by atoms with Gasteiger partial charge in [-0.15, -0.1) is 0 Å². The summed E-state index contributed by atoms with van der Waals surface area (Å²) in [7, 11) is 5.83. The molecule has 1 atom stereocenters. The van der Waals surface area contributed by atoms with Crippen molar-refractivity contribution in [2.24, 2.45) is 7.05 Å². The van der Waals surface area contributed by atoms with E-state index in [1.807, 2.05) is 105 Å². The Kier molecular flexibility index (Phi) is 8.20. The second kappa shape index (κ2) is 12.5. The molecule has 1 fully saturated rings. The first-order valence-corrected chi connectivity index (χ1v) is 14.7. The normalized spacial score (nSPS) is 14.3. The maximum atomic E-state index is 13.3. The molecule has 6 rings (SSSR count). The lowest BCUT2D eigenvalue weighted by atomic mass is 10.0. The largest absolute Gasteiger partial charge is 0.457 e. The Morgan fingerprint density at radius 2 is 1.53 bits per heavy atom. The van der Waals surface area contributed by atoms with Crippen molar-refractivity contribution in [2.75, 3.05) is 37.8 Å². The summed E-state index contributed by atoms with van der Waals surface area (Å²) in [4.78, 5) is 34.4. The molecule has 0 aliphatic carbocycles. The van der Waals surface area contributed by atoms with Crippen molar-refractivity contribution in [1.82, 2.24) is 25.0 Å². The number of aryl methyl sites for hydroxylation is 1. The molecular formula is C35H35N7O3. The van der Waals surface area contributed by atoms with Crippen LogP contribution in [0, 0.1) is 0 Å². The molecule has 3 aromatic carbocycles. The van der Waals surface area contributed by atoms with Crippen LogP contribution >= 0.6 is 0 Å². The van der Waals surface area contributed by atoms with E-state index in [-0.39, 0.29) is 23.7 Å². The van der Waals surface area contributed by atoms with Crippen molar-refractivity contribution in [1.29, 1.82) is 0 Å². The Morgan fingerprint density at radius 3 is 2.16 bits per heavy atom. The number of nitrogens with two attached hydrogens (primary N) is 1. The van der Waals surface area contributed by atoms with Gasteiger partial charge in [-0.3, -0.25) is 14.3 Å². The SMILES string of the molecule is CN(C)c1ccc(Oc2ccc(-c3ccc(C(=O)N4CC[C@@H](NC(=O)c5cc(-c6cnn(C)c6)cnc5N)C4)cc3)cc2)cc1. The van der Waals surface area contributed by atoms with Crippen LogP contribution in [-0.4, -0.2) is 64.7 Å². The van der Waals surface area contributed by atoms with E-state index in [9.17, 15) is 9.59 Å². The molecule has 0 unspecified atom stereocenters. The summed E-state index contributed by atoms with van der Waals surface area (Å²) in [6.07, 6.45) is 5.83. The average molecular weight is 602 g/mol. The van der Waals surface area contributed by atoms with Gasteiger partial charge in [-0.2, -0.15) is 5.10 Å². The van der Waals surface area contributed by atoms with Gasteiger partial charge >= 0.3 is 0 Å². The molecule has 0 radical (unpaired) electrons. The van der Waals surface area contributed by atoms with E-state index >= 15 is 0 Å². The number of anilines is 2. The van der Waals surface area contributed by atoms with Crippen LogP contribution in [0.15, 0.2) is 97.5 Å². The predicted molar refractivity (Wildman–Crippen MR) is 175 cm³/mol. The molecule has 0 saturated carbocycles. The minimum absolute atomic E-state index is 0.0675.